The SMILES string of the molecule is N[C@H](C(=O)N1C[C@@H]2CCCN2C[C@H]1C(=O)N[C@@H]1CCOc2ccccc21)C1CCCCC1. The molecule has 1 saturated carbocycles. The van der Waals surface area contributed by atoms with Crippen molar-refractivity contribution in [1.29, 1.82) is 0 Å². The summed E-state index contributed by atoms with van der Waals surface area (Å²) in [4.78, 5) is 31.4. The predicted octanol–water partition coefficient (Wildman–Crippen LogP) is 2.21. The van der Waals surface area contributed by atoms with Gasteiger partial charge < -0.3 is 20.7 Å². The van der Waals surface area contributed by atoms with Gasteiger partial charge >= 0.3 is 0 Å². The summed E-state index contributed by atoms with van der Waals surface area (Å²) < 4.78 is 5.75. The quantitative estimate of drug-likeness (QED) is 0.750. The zero-order valence-corrected chi connectivity index (χ0v) is 18.9. The number of amides is 2. The van der Waals surface area contributed by atoms with Crippen LogP contribution in [0.25, 0.3) is 0 Å². The van der Waals surface area contributed by atoms with E-state index >= 15 is 0 Å². The van der Waals surface area contributed by atoms with E-state index in [1.165, 1.54) is 6.42 Å². The van der Waals surface area contributed by atoms with Gasteiger partial charge in [-0.15, -0.1) is 0 Å². The molecule has 4 atom stereocenters. The Morgan fingerprint density at radius 2 is 1.84 bits per heavy atom. The molecule has 0 bridgehead atoms. The third-order valence-electron chi connectivity index (χ3n) is 7.99. The highest BCUT2D eigenvalue weighted by molar-refractivity contribution is 5.90. The molecule has 7 heteroatoms. The van der Waals surface area contributed by atoms with Crippen molar-refractivity contribution in [1.82, 2.24) is 15.1 Å². The number of hydrogen-bond donors (Lipinski definition) is 2. The summed E-state index contributed by atoms with van der Waals surface area (Å²) >= 11 is 0. The van der Waals surface area contributed by atoms with Crippen molar-refractivity contribution >= 4 is 11.8 Å². The van der Waals surface area contributed by atoms with E-state index in [1.54, 1.807) is 0 Å². The average molecular weight is 441 g/mol. The van der Waals surface area contributed by atoms with E-state index in [2.05, 4.69) is 10.2 Å². The first kappa shape index (κ1) is 21.7. The number of rotatable bonds is 4. The highest BCUT2D eigenvalue weighted by Gasteiger charge is 2.44. The third-order valence-corrected chi connectivity index (χ3v) is 7.99. The summed E-state index contributed by atoms with van der Waals surface area (Å²) in [7, 11) is 0. The second-order valence-electron chi connectivity index (χ2n) is 9.96. The molecule has 32 heavy (non-hydrogen) atoms. The molecule has 3 aliphatic heterocycles. The Kier molecular flexibility index (Phi) is 6.37. The molecule has 7 nitrogen and oxygen atoms in total. The van der Waals surface area contributed by atoms with Crippen LogP contribution in [0.4, 0.5) is 0 Å². The molecule has 1 aliphatic carbocycles. The first-order valence-electron chi connectivity index (χ1n) is 12.4. The van der Waals surface area contributed by atoms with E-state index in [0.29, 0.717) is 25.7 Å². The molecular formula is C25H36N4O3. The van der Waals surface area contributed by atoms with Crippen LogP contribution in [0.2, 0.25) is 0 Å². The van der Waals surface area contributed by atoms with Crippen LogP contribution in [0.1, 0.15) is 63.0 Å². The maximum atomic E-state index is 13.6. The number of hydrogen-bond acceptors (Lipinski definition) is 5. The van der Waals surface area contributed by atoms with Crippen molar-refractivity contribution in [3.05, 3.63) is 29.8 Å². The van der Waals surface area contributed by atoms with Gasteiger partial charge in [-0.3, -0.25) is 14.5 Å². The molecule has 1 aromatic rings. The normalized spacial score (nSPS) is 29.5. The molecular weight excluding hydrogens is 404 g/mol. The van der Waals surface area contributed by atoms with E-state index in [0.717, 1.165) is 62.8 Å². The average Bonchev–Trinajstić information content (AvgIpc) is 3.31. The first-order valence-corrected chi connectivity index (χ1v) is 12.4. The van der Waals surface area contributed by atoms with Gasteiger partial charge in [0.25, 0.3) is 0 Å². The molecule has 3 heterocycles. The molecule has 0 radical (unpaired) electrons. The van der Waals surface area contributed by atoms with Gasteiger partial charge in [-0.05, 0) is 44.2 Å². The van der Waals surface area contributed by atoms with Crippen LogP contribution in [-0.4, -0.2) is 66.0 Å². The van der Waals surface area contributed by atoms with Crippen LogP contribution in [-0.2, 0) is 9.59 Å². The Bertz CT molecular complexity index is 840. The van der Waals surface area contributed by atoms with Gasteiger partial charge in [-0.1, -0.05) is 37.5 Å². The number of carbonyl (C=O) groups excluding carboxylic acids is 2. The van der Waals surface area contributed by atoms with Gasteiger partial charge in [-0.2, -0.15) is 0 Å². The minimum Gasteiger partial charge on any atom is -0.493 e. The van der Waals surface area contributed by atoms with Crippen molar-refractivity contribution in [2.75, 3.05) is 26.2 Å². The number of nitrogens with one attached hydrogen (secondary N) is 1. The fourth-order valence-electron chi connectivity index (χ4n) is 6.13. The van der Waals surface area contributed by atoms with Crippen LogP contribution in [0.15, 0.2) is 24.3 Å². The molecule has 174 valence electrons. The molecule has 3 N–H and O–H groups in total. The largest absolute Gasteiger partial charge is 0.493 e. The molecule has 3 fully saturated rings. The fourth-order valence-corrected chi connectivity index (χ4v) is 6.13. The monoisotopic (exact) mass is 440 g/mol. The topological polar surface area (TPSA) is 87.9 Å². The minimum atomic E-state index is -0.498. The van der Waals surface area contributed by atoms with Crippen molar-refractivity contribution in [2.45, 2.75) is 75.5 Å². The van der Waals surface area contributed by atoms with Crippen LogP contribution in [0.5, 0.6) is 5.75 Å². The number of nitrogens with zero attached hydrogens (tertiary/aromatic N) is 2. The van der Waals surface area contributed by atoms with Gasteiger partial charge in [0.2, 0.25) is 11.8 Å². The van der Waals surface area contributed by atoms with Crippen molar-refractivity contribution < 1.29 is 14.3 Å². The second-order valence-corrected chi connectivity index (χ2v) is 9.96. The van der Waals surface area contributed by atoms with Crippen LogP contribution in [0, 0.1) is 5.92 Å². The van der Waals surface area contributed by atoms with Crippen LogP contribution in [0.3, 0.4) is 0 Å². The third kappa shape index (κ3) is 4.25. The smallest absolute Gasteiger partial charge is 0.244 e. The summed E-state index contributed by atoms with van der Waals surface area (Å²) in [6.07, 6.45) is 8.52. The Hall–Kier alpha value is -2.12. The number of nitrogens with two attached hydrogens (primary N) is 1. The molecule has 2 saturated heterocycles. The van der Waals surface area contributed by atoms with E-state index in [4.69, 9.17) is 10.5 Å². The second kappa shape index (κ2) is 9.40. The predicted molar refractivity (Wildman–Crippen MR) is 122 cm³/mol. The molecule has 1 aromatic carbocycles. The Morgan fingerprint density at radius 1 is 1.03 bits per heavy atom. The van der Waals surface area contributed by atoms with Gasteiger partial charge in [0, 0.05) is 31.1 Å². The summed E-state index contributed by atoms with van der Waals surface area (Å²) in [5.74, 6) is 0.973. The molecule has 5 rings (SSSR count). The molecule has 4 aliphatic rings. The first-order chi connectivity index (χ1) is 15.6. The van der Waals surface area contributed by atoms with Crippen LogP contribution < -0.4 is 15.8 Å². The Labute approximate surface area is 190 Å². The summed E-state index contributed by atoms with van der Waals surface area (Å²) in [5, 5.41) is 3.25. The lowest BCUT2D eigenvalue weighted by molar-refractivity contribution is -0.147. The summed E-state index contributed by atoms with van der Waals surface area (Å²) in [6, 6.07) is 7.16. The van der Waals surface area contributed by atoms with Crippen molar-refractivity contribution in [2.24, 2.45) is 11.7 Å². The van der Waals surface area contributed by atoms with Gasteiger partial charge in [0.05, 0.1) is 18.7 Å². The molecule has 0 spiro atoms. The number of para-hydroxylation sites is 1. The molecule has 0 aromatic heterocycles. The maximum absolute atomic E-state index is 13.6. The van der Waals surface area contributed by atoms with Crippen LogP contribution >= 0.6 is 0 Å². The summed E-state index contributed by atoms with van der Waals surface area (Å²) in [5.41, 5.74) is 7.53. The lowest BCUT2D eigenvalue weighted by atomic mass is 9.83. The Balaban J connectivity index is 1.33. The summed E-state index contributed by atoms with van der Waals surface area (Å²) in [6.45, 7) is 2.80. The standard InChI is InChI=1S/C25H36N4O3/c26-23(17-7-2-1-3-8-17)25(31)29-15-18-9-6-13-28(18)16-21(29)24(30)27-20-12-14-32-22-11-5-4-10-19(20)22/h4-5,10-11,17-18,20-21,23H,1-3,6-9,12-16,26H2,(H,27,30)/t18-,20+,21-,23-/m0/s1. The zero-order valence-electron chi connectivity index (χ0n) is 18.9. The molecule has 0 unspecified atom stereocenters. The number of fused-ring (bicyclic) bond motifs is 2. The van der Waals surface area contributed by atoms with Gasteiger partial charge in [-0.25, -0.2) is 0 Å². The maximum Gasteiger partial charge on any atom is 0.244 e. The van der Waals surface area contributed by atoms with E-state index in [9.17, 15) is 9.59 Å². The van der Waals surface area contributed by atoms with Crippen molar-refractivity contribution in [3.63, 3.8) is 0 Å². The highest BCUT2D eigenvalue weighted by atomic mass is 16.5. The van der Waals surface area contributed by atoms with E-state index in [1.807, 2.05) is 29.2 Å². The van der Waals surface area contributed by atoms with Gasteiger partial charge in [0.1, 0.15) is 11.8 Å². The lowest BCUT2D eigenvalue weighted by Gasteiger charge is -2.45. The number of carbonyl (C=O) groups is 2. The van der Waals surface area contributed by atoms with Crippen molar-refractivity contribution in [3.8, 4) is 5.75 Å². The Morgan fingerprint density at radius 3 is 2.69 bits per heavy atom. The number of ether oxygens (including phenoxy) is 1. The number of piperazine rings is 1. The zero-order chi connectivity index (χ0) is 22.1. The molecule has 2 amide bonds. The lowest BCUT2D eigenvalue weighted by Crippen LogP contribution is -2.65. The number of benzene rings is 1. The fraction of sp³-hybridized carbons (Fsp3) is 0.680. The highest BCUT2D eigenvalue weighted by Crippen LogP contribution is 2.33. The van der Waals surface area contributed by atoms with E-state index in [-0.39, 0.29) is 23.8 Å². The van der Waals surface area contributed by atoms with Gasteiger partial charge in [0.15, 0.2) is 0 Å². The van der Waals surface area contributed by atoms with E-state index < -0.39 is 12.1 Å². The minimum absolute atomic E-state index is 0.0315.